The molecule has 0 saturated carbocycles. The summed E-state index contributed by atoms with van der Waals surface area (Å²) in [7, 11) is 0. The summed E-state index contributed by atoms with van der Waals surface area (Å²) in [4.78, 5) is 35.8. The Morgan fingerprint density at radius 1 is 0.727 bits per heavy atom. The van der Waals surface area contributed by atoms with Crippen molar-refractivity contribution in [1.29, 1.82) is 0 Å². The summed E-state index contributed by atoms with van der Waals surface area (Å²) in [6.45, 7) is 1.53. The molecule has 0 unspecified atom stereocenters. The van der Waals surface area contributed by atoms with Crippen LogP contribution in [0.5, 0.6) is 11.5 Å². The van der Waals surface area contributed by atoms with Gasteiger partial charge in [-0.3, -0.25) is 14.4 Å². The van der Waals surface area contributed by atoms with Crippen molar-refractivity contribution >= 4 is 40.8 Å². The number of amides is 2. The number of carbonyl (C=O) groups excluding carboxylic acids is 3. The number of aryl methyl sites for hydroxylation is 1. The van der Waals surface area contributed by atoms with Gasteiger partial charge in [-0.15, -0.1) is 0 Å². The van der Waals surface area contributed by atoms with Crippen molar-refractivity contribution < 1.29 is 23.9 Å². The second-order valence-corrected chi connectivity index (χ2v) is 7.64. The van der Waals surface area contributed by atoms with Crippen LogP contribution < -0.4 is 15.4 Å². The van der Waals surface area contributed by atoms with Crippen LogP contribution in [-0.4, -0.2) is 24.4 Å². The molecular formula is C25H23ClN2O5. The van der Waals surface area contributed by atoms with Gasteiger partial charge in [-0.25, -0.2) is 0 Å². The fourth-order valence-electron chi connectivity index (χ4n) is 2.74. The van der Waals surface area contributed by atoms with Crippen molar-refractivity contribution in [1.82, 2.24) is 0 Å². The van der Waals surface area contributed by atoms with E-state index in [0.717, 1.165) is 5.56 Å². The zero-order chi connectivity index (χ0) is 23.6. The summed E-state index contributed by atoms with van der Waals surface area (Å²) in [5.41, 5.74) is 2.25. The molecule has 3 aromatic carbocycles. The number of carbonyl (C=O) groups is 3. The van der Waals surface area contributed by atoms with Crippen LogP contribution in [0.2, 0.25) is 5.02 Å². The second kappa shape index (κ2) is 11.7. The van der Waals surface area contributed by atoms with E-state index in [1.54, 1.807) is 60.7 Å². The van der Waals surface area contributed by atoms with Crippen LogP contribution in [0.15, 0.2) is 72.8 Å². The number of ether oxygens (including phenoxy) is 2. The highest BCUT2D eigenvalue weighted by Gasteiger charge is 2.11. The highest BCUT2D eigenvalue weighted by Crippen LogP contribution is 2.24. The van der Waals surface area contributed by atoms with Gasteiger partial charge in [0, 0.05) is 22.8 Å². The molecule has 0 fully saturated rings. The Morgan fingerprint density at radius 2 is 1.24 bits per heavy atom. The van der Waals surface area contributed by atoms with Gasteiger partial charge in [-0.2, -0.15) is 0 Å². The first-order chi connectivity index (χ1) is 15.9. The molecule has 2 amide bonds. The van der Waals surface area contributed by atoms with Crippen LogP contribution in [-0.2, 0) is 19.1 Å². The zero-order valence-corrected chi connectivity index (χ0v) is 18.7. The molecule has 0 saturated heterocycles. The Balaban J connectivity index is 1.36. The van der Waals surface area contributed by atoms with Crippen molar-refractivity contribution in [2.45, 2.75) is 19.8 Å². The predicted octanol–water partition coefficient (Wildman–Crippen LogP) is 5.34. The van der Waals surface area contributed by atoms with Gasteiger partial charge < -0.3 is 20.1 Å². The minimum absolute atomic E-state index is 0.0680. The number of halogens is 1. The molecular weight excluding hydrogens is 444 g/mol. The summed E-state index contributed by atoms with van der Waals surface area (Å²) >= 11 is 5.85. The van der Waals surface area contributed by atoms with Crippen molar-refractivity contribution in [3.63, 3.8) is 0 Å². The number of benzene rings is 3. The minimum atomic E-state index is -0.629. The number of hydrogen-bond acceptors (Lipinski definition) is 5. The van der Waals surface area contributed by atoms with E-state index in [4.69, 9.17) is 21.1 Å². The molecule has 0 bridgehead atoms. The first-order valence-corrected chi connectivity index (χ1v) is 10.6. The SMILES string of the molecule is Cc1ccc(NC(=O)COC(=O)CCC(=O)Nc2ccc(Oc3ccc(Cl)cc3)cc2)cc1. The van der Waals surface area contributed by atoms with Crippen LogP contribution in [0.25, 0.3) is 0 Å². The molecule has 170 valence electrons. The van der Waals surface area contributed by atoms with Crippen molar-refractivity contribution in [2.75, 3.05) is 17.2 Å². The van der Waals surface area contributed by atoms with E-state index in [2.05, 4.69) is 10.6 Å². The van der Waals surface area contributed by atoms with Crippen LogP contribution in [0.4, 0.5) is 11.4 Å². The standard InChI is InChI=1S/C25H23ClN2O5/c1-17-2-6-19(7-3-17)28-24(30)16-32-25(31)15-14-23(29)27-20-8-12-22(13-9-20)33-21-10-4-18(26)5-11-21/h2-13H,14-16H2,1H3,(H,27,29)(H,28,30). The highest BCUT2D eigenvalue weighted by molar-refractivity contribution is 6.30. The normalized spacial score (nSPS) is 10.2. The van der Waals surface area contributed by atoms with E-state index >= 15 is 0 Å². The molecule has 3 rings (SSSR count). The Bertz CT molecular complexity index is 1100. The third kappa shape index (κ3) is 8.31. The fourth-order valence-corrected chi connectivity index (χ4v) is 2.86. The lowest BCUT2D eigenvalue weighted by molar-refractivity contribution is -0.147. The summed E-state index contributed by atoms with van der Waals surface area (Å²) in [6, 6.07) is 21.0. The van der Waals surface area contributed by atoms with Crippen molar-refractivity contribution in [3.8, 4) is 11.5 Å². The summed E-state index contributed by atoms with van der Waals surface area (Å²) < 4.78 is 10.6. The topological polar surface area (TPSA) is 93.7 Å². The number of anilines is 2. The van der Waals surface area contributed by atoms with E-state index in [1.807, 2.05) is 19.1 Å². The Hall–Kier alpha value is -3.84. The minimum Gasteiger partial charge on any atom is -0.457 e. The summed E-state index contributed by atoms with van der Waals surface area (Å²) in [6.07, 6.45) is -0.206. The lowest BCUT2D eigenvalue weighted by Gasteiger charge is -2.09. The van der Waals surface area contributed by atoms with Gasteiger partial charge in [0.25, 0.3) is 5.91 Å². The Labute approximate surface area is 196 Å². The first kappa shape index (κ1) is 23.8. The molecule has 0 heterocycles. The molecule has 0 spiro atoms. The lowest BCUT2D eigenvalue weighted by atomic mass is 10.2. The zero-order valence-electron chi connectivity index (χ0n) is 18.0. The molecule has 2 N–H and O–H groups in total. The van der Waals surface area contributed by atoms with Gasteiger partial charge in [0.2, 0.25) is 5.91 Å². The van der Waals surface area contributed by atoms with Gasteiger partial charge in [0.15, 0.2) is 6.61 Å². The van der Waals surface area contributed by atoms with E-state index in [9.17, 15) is 14.4 Å². The summed E-state index contributed by atoms with van der Waals surface area (Å²) in [5.74, 6) is -0.180. The molecule has 0 aliphatic rings. The summed E-state index contributed by atoms with van der Waals surface area (Å²) in [5, 5.41) is 5.95. The van der Waals surface area contributed by atoms with Gasteiger partial charge >= 0.3 is 5.97 Å². The number of esters is 1. The second-order valence-electron chi connectivity index (χ2n) is 7.20. The molecule has 33 heavy (non-hydrogen) atoms. The third-order valence-electron chi connectivity index (χ3n) is 4.44. The van der Waals surface area contributed by atoms with Gasteiger partial charge in [0.1, 0.15) is 11.5 Å². The molecule has 0 aliphatic carbocycles. The number of nitrogens with one attached hydrogen (secondary N) is 2. The quantitative estimate of drug-likeness (QED) is 0.415. The smallest absolute Gasteiger partial charge is 0.306 e. The molecule has 8 heteroatoms. The van der Waals surface area contributed by atoms with E-state index in [0.29, 0.717) is 27.9 Å². The predicted molar refractivity (Wildman–Crippen MR) is 127 cm³/mol. The Kier molecular flexibility index (Phi) is 8.43. The van der Waals surface area contributed by atoms with E-state index < -0.39 is 18.5 Å². The molecule has 0 aromatic heterocycles. The average Bonchev–Trinajstić information content (AvgIpc) is 2.80. The van der Waals surface area contributed by atoms with E-state index in [1.165, 1.54) is 0 Å². The van der Waals surface area contributed by atoms with Gasteiger partial charge in [-0.1, -0.05) is 29.3 Å². The monoisotopic (exact) mass is 466 g/mol. The molecule has 0 aliphatic heterocycles. The highest BCUT2D eigenvalue weighted by atomic mass is 35.5. The van der Waals surface area contributed by atoms with Crippen LogP contribution in [0, 0.1) is 6.92 Å². The third-order valence-corrected chi connectivity index (χ3v) is 4.70. The Morgan fingerprint density at radius 3 is 1.85 bits per heavy atom. The maximum Gasteiger partial charge on any atom is 0.306 e. The van der Waals surface area contributed by atoms with Crippen LogP contribution in [0.3, 0.4) is 0 Å². The molecule has 3 aromatic rings. The van der Waals surface area contributed by atoms with Gasteiger partial charge in [-0.05, 0) is 67.6 Å². The lowest BCUT2D eigenvalue weighted by Crippen LogP contribution is -2.21. The number of hydrogen-bond donors (Lipinski definition) is 2. The van der Waals surface area contributed by atoms with Crippen LogP contribution >= 0.6 is 11.6 Å². The number of rotatable bonds is 9. The average molecular weight is 467 g/mol. The maximum absolute atomic E-state index is 12.1. The van der Waals surface area contributed by atoms with Gasteiger partial charge in [0.05, 0.1) is 6.42 Å². The molecule has 0 radical (unpaired) electrons. The molecule has 7 nitrogen and oxygen atoms in total. The maximum atomic E-state index is 12.1. The fraction of sp³-hybridized carbons (Fsp3) is 0.160. The van der Waals surface area contributed by atoms with Crippen molar-refractivity contribution in [3.05, 3.63) is 83.4 Å². The van der Waals surface area contributed by atoms with Crippen LogP contribution in [0.1, 0.15) is 18.4 Å². The molecule has 0 atom stereocenters. The van der Waals surface area contributed by atoms with Crippen molar-refractivity contribution in [2.24, 2.45) is 0 Å². The first-order valence-electron chi connectivity index (χ1n) is 10.2. The van der Waals surface area contributed by atoms with E-state index in [-0.39, 0.29) is 18.7 Å². The largest absolute Gasteiger partial charge is 0.457 e.